The van der Waals surface area contributed by atoms with Crippen LogP contribution in [0.1, 0.15) is 50.6 Å². The van der Waals surface area contributed by atoms with E-state index in [-0.39, 0.29) is 11.6 Å². The fraction of sp³-hybridized carbons (Fsp3) is 0.688. The molecule has 1 unspecified atom stereocenters. The highest BCUT2D eigenvalue weighted by atomic mass is 19.4. The first kappa shape index (κ1) is 15.6. The Hall–Kier alpha value is -1.30. The third-order valence-electron chi connectivity index (χ3n) is 4.65. The fourth-order valence-electron chi connectivity index (χ4n) is 3.58. The summed E-state index contributed by atoms with van der Waals surface area (Å²) in [7, 11) is 0. The number of halogens is 3. The Morgan fingerprint density at radius 3 is 2.68 bits per heavy atom. The van der Waals surface area contributed by atoms with Gasteiger partial charge in [0.15, 0.2) is 0 Å². The van der Waals surface area contributed by atoms with Crippen molar-refractivity contribution in [2.75, 3.05) is 11.9 Å². The summed E-state index contributed by atoms with van der Waals surface area (Å²) in [6.45, 7) is 0.663. The van der Waals surface area contributed by atoms with E-state index in [1.807, 2.05) is 0 Å². The van der Waals surface area contributed by atoms with E-state index in [0.717, 1.165) is 31.7 Å². The molecule has 1 saturated carbocycles. The van der Waals surface area contributed by atoms with Crippen LogP contribution in [0.5, 0.6) is 0 Å². The van der Waals surface area contributed by atoms with Crippen LogP contribution in [0.2, 0.25) is 0 Å². The standard InChI is InChI=1S/C16H21F3N2O/c17-16(18,19)13-5-4-6-14(21-13)20-12-7-10-22-15(11-12)8-2-1-3-9-15/h4-6,12H,1-3,7-11H2,(H,20,21). The molecule has 1 aliphatic carbocycles. The second-order valence-corrected chi connectivity index (χ2v) is 6.33. The largest absolute Gasteiger partial charge is 0.433 e. The Morgan fingerprint density at radius 2 is 1.95 bits per heavy atom. The second-order valence-electron chi connectivity index (χ2n) is 6.33. The number of rotatable bonds is 2. The van der Waals surface area contributed by atoms with Crippen LogP contribution in [0, 0.1) is 0 Å². The molecule has 3 rings (SSSR count). The lowest BCUT2D eigenvalue weighted by molar-refractivity contribution is -0.141. The molecule has 22 heavy (non-hydrogen) atoms. The van der Waals surface area contributed by atoms with Crippen molar-refractivity contribution in [1.82, 2.24) is 4.98 Å². The molecule has 6 heteroatoms. The lowest BCUT2D eigenvalue weighted by atomic mass is 9.78. The van der Waals surface area contributed by atoms with Gasteiger partial charge < -0.3 is 10.1 Å². The van der Waals surface area contributed by atoms with E-state index in [0.29, 0.717) is 12.4 Å². The van der Waals surface area contributed by atoms with Gasteiger partial charge in [-0.25, -0.2) is 4.98 Å². The van der Waals surface area contributed by atoms with Crippen LogP contribution >= 0.6 is 0 Å². The zero-order valence-electron chi connectivity index (χ0n) is 12.5. The van der Waals surface area contributed by atoms with E-state index < -0.39 is 11.9 Å². The Balaban J connectivity index is 1.68. The highest BCUT2D eigenvalue weighted by molar-refractivity contribution is 5.37. The first-order valence-electron chi connectivity index (χ1n) is 7.92. The minimum absolute atomic E-state index is 0.0736. The molecule has 0 bridgehead atoms. The second kappa shape index (κ2) is 6.07. The summed E-state index contributed by atoms with van der Waals surface area (Å²) in [4.78, 5) is 3.69. The first-order valence-corrected chi connectivity index (χ1v) is 7.92. The zero-order valence-corrected chi connectivity index (χ0v) is 12.5. The summed E-state index contributed by atoms with van der Waals surface area (Å²) in [5, 5.41) is 3.17. The van der Waals surface area contributed by atoms with E-state index in [4.69, 9.17) is 4.74 Å². The third-order valence-corrected chi connectivity index (χ3v) is 4.65. The maximum absolute atomic E-state index is 12.7. The van der Waals surface area contributed by atoms with Gasteiger partial charge in [0.1, 0.15) is 11.5 Å². The van der Waals surface area contributed by atoms with E-state index >= 15 is 0 Å². The van der Waals surface area contributed by atoms with Gasteiger partial charge in [0.2, 0.25) is 0 Å². The van der Waals surface area contributed by atoms with E-state index in [1.165, 1.54) is 25.3 Å². The lowest BCUT2D eigenvalue weighted by Gasteiger charge is -2.43. The summed E-state index contributed by atoms with van der Waals surface area (Å²) in [5.74, 6) is 0.299. The van der Waals surface area contributed by atoms with Gasteiger partial charge in [-0.3, -0.25) is 0 Å². The summed E-state index contributed by atoms with van der Waals surface area (Å²) >= 11 is 0. The predicted octanol–water partition coefficient (Wildman–Crippen LogP) is 4.39. The van der Waals surface area contributed by atoms with E-state index in [9.17, 15) is 13.2 Å². The Labute approximate surface area is 128 Å². The zero-order chi connectivity index (χ0) is 15.6. The lowest BCUT2D eigenvalue weighted by Crippen LogP contribution is -2.45. The van der Waals surface area contributed by atoms with Crippen LogP contribution in [0.15, 0.2) is 18.2 Å². The number of nitrogens with one attached hydrogen (secondary N) is 1. The van der Waals surface area contributed by atoms with Gasteiger partial charge in [0.05, 0.1) is 5.60 Å². The van der Waals surface area contributed by atoms with Gasteiger partial charge in [-0.2, -0.15) is 13.2 Å². The smallest absolute Gasteiger partial charge is 0.375 e. The number of alkyl halides is 3. The molecule has 1 N–H and O–H groups in total. The van der Waals surface area contributed by atoms with Gasteiger partial charge in [0.25, 0.3) is 0 Å². The van der Waals surface area contributed by atoms with E-state index in [2.05, 4.69) is 10.3 Å². The average Bonchev–Trinajstić information content (AvgIpc) is 2.47. The molecule has 122 valence electrons. The van der Waals surface area contributed by atoms with Crippen molar-refractivity contribution in [3.05, 3.63) is 23.9 Å². The van der Waals surface area contributed by atoms with Gasteiger partial charge >= 0.3 is 6.18 Å². The third kappa shape index (κ3) is 3.54. The number of pyridine rings is 1. The monoisotopic (exact) mass is 314 g/mol. The molecule has 1 saturated heterocycles. The van der Waals surface area contributed by atoms with Crippen molar-refractivity contribution < 1.29 is 17.9 Å². The Bertz CT molecular complexity index is 507. The number of ether oxygens (including phenoxy) is 1. The highest BCUT2D eigenvalue weighted by Gasteiger charge is 2.38. The Morgan fingerprint density at radius 1 is 1.18 bits per heavy atom. The van der Waals surface area contributed by atoms with Crippen molar-refractivity contribution in [3.8, 4) is 0 Å². The SMILES string of the molecule is FC(F)(F)c1cccc(NC2CCOC3(CCCCC3)C2)n1. The molecule has 1 aromatic heterocycles. The summed E-state index contributed by atoms with van der Waals surface area (Å²) in [5.41, 5.74) is -0.924. The average molecular weight is 314 g/mol. The first-order chi connectivity index (χ1) is 10.5. The molecule has 2 fully saturated rings. The number of nitrogens with zero attached hydrogens (tertiary/aromatic N) is 1. The minimum Gasteiger partial charge on any atom is -0.375 e. The number of anilines is 1. The summed E-state index contributed by atoms with van der Waals surface area (Å²) < 4.78 is 44.2. The normalized spacial score (nSPS) is 25.1. The van der Waals surface area contributed by atoms with E-state index in [1.54, 1.807) is 6.07 Å². The topological polar surface area (TPSA) is 34.1 Å². The molecule has 0 aromatic carbocycles. The van der Waals surface area contributed by atoms with Gasteiger partial charge in [-0.05, 0) is 37.8 Å². The van der Waals surface area contributed by atoms with Crippen molar-refractivity contribution in [2.24, 2.45) is 0 Å². The molecule has 2 heterocycles. The van der Waals surface area contributed by atoms with Gasteiger partial charge in [0, 0.05) is 12.6 Å². The predicted molar refractivity (Wildman–Crippen MR) is 77.7 cm³/mol. The Kier molecular flexibility index (Phi) is 4.30. The summed E-state index contributed by atoms with van der Waals surface area (Å²) in [6, 6.07) is 4.12. The van der Waals surface area contributed by atoms with Crippen LogP contribution in [-0.2, 0) is 10.9 Å². The summed E-state index contributed by atoms with van der Waals surface area (Å²) in [6.07, 6.45) is 2.96. The molecule has 1 spiro atoms. The van der Waals surface area contributed by atoms with Crippen LogP contribution in [0.3, 0.4) is 0 Å². The molecule has 3 nitrogen and oxygen atoms in total. The van der Waals surface area contributed by atoms with Crippen LogP contribution in [-0.4, -0.2) is 23.2 Å². The van der Waals surface area contributed by atoms with Crippen molar-refractivity contribution in [2.45, 2.75) is 62.8 Å². The number of hydrogen-bond acceptors (Lipinski definition) is 3. The molecule has 1 aliphatic heterocycles. The van der Waals surface area contributed by atoms with Crippen LogP contribution < -0.4 is 5.32 Å². The fourth-order valence-corrected chi connectivity index (χ4v) is 3.58. The van der Waals surface area contributed by atoms with Gasteiger partial charge in [-0.15, -0.1) is 0 Å². The minimum atomic E-state index is -4.40. The maximum atomic E-state index is 12.7. The maximum Gasteiger partial charge on any atom is 0.433 e. The molecular weight excluding hydrogens is 293 g/mol. The number of aromatic nitrogens is 1. The molecule has 1 atom stereocenters. The van der Waals surface area contributed by atoms with Crippen molar-refractivity contribution in [1.29, 1.82) is 0 Å². The van der Waals surface area contributed by atoms with Crippen molar-refractivity contribution >= 4 is 5.82 Å². The molecule has 0 radical (unpaired) electrons. The quantitative estimate of drug-likeness (QED) is 0.879. The molecule has 1 aromatic rings. The molecule has 0 amide bonds. The molecular formula is C16H21F3N2O. The van der Waals surface area contributed by atoms with Gasteiger partial charge in [-0.1, -0.05) is 25.3 Å². The molecule has 2 aliphatic rings. The van der Waals surface area contributed by atoms with Crippen LogP contribution in [0.25, 0.3) is 0 Å². The highest BCUT2D eigenvalue weighted by Crippen LogP contribution is 2.39. The number of hydrogen-bond donors (Lipinski definition) is 1. The van der Waals surface area contributed by atoms with Crippen molar-refractivity contribution in [3.63, 3.8) is 0 Å². The van der Waals surface area contributed by atoms with Crippen LogP contribution in [0.4, 0.5) is 19.0 Å².